The zero-order valence-electron chi connectivity index (χ0n) is 13.7. The molecule has 0 amide bonds. The van der Waals surface area contributed by atoms with Gasteiger partial charge in [-0.05, 0) is 59.3 Å². The topological polar surface area (TPSA) is 31.6 Å². The van der Waals surface area contributed by atoms with E-state index in [-0.39, 0.29) is 0 Å². The molecule has 118 valence electrons. The van der Waals surface area contributed by atoms with Crippen LogP contribution in [0.2, 0.25) is 0 Å². The van der Waals surface area contributed by atoms with E-state index in [1.54, 1.807) is 0 Å². The van der Waals surface area contributed by atoms with Gasteiger partial charge in [-0.3, -0.25) is 4.90 Å². The van der Waals surface area contributed by atoms with Crippen molar-refractivity contribution in [3.8, 4) is 0 Å². The maximum Gasteiger partial charge on any atom is 0.118 e. The first kappa shape index (κ1) is 15.1. The highest BCUT2D eigenvalue weighted by atomic mass is 16.3. The van der Waals surface area contributed by atoms with Crippen molar-refractivity contribution in [2.24, 2.45) is 0 Å². The van der Waals surface area contributed by atoms with E-state index in [4.69, 9.17) is 4.42 Å². The molecule has 3 rings (SSSR count). The Hall–Kier alpha value is -0.840. The van der Waals surface area contributed by atoms with Crippen molar-refractivity contribution in [3.05, 3.63) is 23.7 Å². The van der Waals surface area contributed by atoms with Crippen molar-refractivity contribution in [1.82, 2.24) is 15.1 Å². The molecule has 1 heterocycles. The number of nitrogens with one attached hydrogen (secondary N) is 1. The number of hydrogen-bond acceptors (Lipinski definition) is 4. The van der Waals surface area contributed by atoms with Crippen molar-refractivity contribution in [3.63, 3.8) is 0 Å². The summed E-state index contributed by atoms with van der Waals surface area (Å²) in [6.07, 6.45) is 8.58. The molecule has 1 N–H and O–H groups in total. The highest BCUT2D eigenvalue weighted by Gasteiger charge is 2.39. The van der Waals surface area contributed by atoms with Gasteiger partial charge >= 0.3 is 0 Å². The maximum atomic E-state index is 5.72. The van der Waals surface area contributed by atoms with Gasteiger partial charge in [0.1, 0.15) is 5.76 Å². The molecule has 0 aromatic carbocycles. The third-order valence-electron chi connectivity index (χ3n) is 5.10. The van der Waals surface area contributed by atoms with Crippen LogP contribution >= 0.6 is 0 Å². The fourth-order valence-electron chi connectivity index (χ4n) is 3.31. The van der Waals surface area contributed by atoms with Gasteiger partial charge in [-0.2, -0.15) is 0 Å². The number of hydrogen-bond donors (Lipinski definition) is 1. The van der Waals surface area contributed by atoms with Crippen LogP contribution < -0.4 is 5.32 Å². The Morgan fingerprint density at radius 3 is 2.62 bits per heavy atom. The molecule has 4 heteroatoms. The smallest absolute Gasteiger partial charge is 0.118 e. The largest absolute Gasteiger partial charge is 0.468 e. The van der Waals surface area contributed by atoms with Gasteiger partial charge in [-0.25, -0.2) is 0 Å². The minimum Gasteiger partial charge on any atom is -0.468 e. The lowest BCUT2D eigenvalue weighted by Crippen LogP contribution is -2.56. The molecule has 0 radical (unpaired) electrons. The Morgan fingerprint density at radius 1 is 1.29 bits per heavy atom. The van der Waals surface area contributed by atoms with Crippen molar-refractivity contribution >= 4 is 0 Å². The van der Waals surface area contributed by atoms with Gasteiger partial charge < -0.3 is 14.6 Å². The third-order valence-corrected chi connectivity index (χ3v) is 5.10. The van der Waals surface area contributed by atoms with Gasteiger partial charge in [0.15, 0.2) is 0 Å². The van der Waals surface area contributed by atoms with Crippen LogP contribution in [0.4, 0.5) is 0 Å². The molecule has 4 nitrogen and oxygen atoms in total. The van der Waals surface area contributed by atoms with Gasteiger partial charge in [0.2, 0.25) is 0 Å². The van der Waals surface area contributed by atoms with Crippen LogP contribution in [0.1, 0.15) is 43.4 Å². The predicted molar refractivity (Wildman–Crippen MR) is 85.2 cm³/mol. The summed E-state index contributed by atoms with van der Waals surface area (Å²) in [7, 11) is 6.62. The van der Waals surface area contributed by atoms with Crippen LogP contribution in [-0.4, -0.2) is 49.1 Å². The summed E-state index contributed by atoms with van der Waals surface area (Å²) in [4.78, 5) is 4.80. The van der Waals surface area contributed by atoms with Gasteiger partial charge in [0, 0.05) is 30.2 Å². The second kappa shape index (κ2) is 6.11. The lowest BCUT2D eigenvalue weighted by Gasteiger charge is -2.49. The number of nitrogens with zero attached hydrogens (tertiary/aromatic N) is 2. The minimum atomic E-state index is 0.387. The molecule has 0 bridgehead atoms. The first-order valence-corrected chi connectivity index (χ1v) is 8.23. The first-order valence-electron chi connectivity index (χ1n) is 8.23. The van der Waals surface area contributed by atoms with E-state index >= 15 is 0 Å². The summed E-state index contributed by atoms with van der Waals surface area (Å²) in [5.74, 6) is 1.08. The van der Waals surface area contributed by atoms with Crippen LogP contribution in [0.25, 0.3) is 0 Å². The van der Waals surface area contributed by atoms with Crippen molar-refractivity contribution in [2.75, 3.05) is 27.7 Å². The fourth-order valence-corrected chi connectivity index (χ4v) is 3.31. The number of likely N-dealkylation sites (N-methyl/N-ethyl adjacent to an activating group) is 2. The summed E-state index contributed by atoms with van der Waals surface area (Å²) in [5.41, 5.74) is 1.66. The summed E-state index contributed by atoms with van der Waals surface area (Å²) in [6, 6.07) is 2.96. The first-order chi connectivity index (χ1) is 10.1. The fraction of sp³-hybridized carbons (Fsp3) is 0.765. The number of furan rings is 1. The van der Waals surface area contributed by atoms with Gasteiger partial charge in [0.25, 0.3) is 0 Å². The van der Waals surface area contributed by atoms with Gasteiger partial charge in [-0.1, -0.05) is 0 Å². The highest BCUT2D eigenvalue weighted by molar-refractivity contribution is 5.13. The molecule has 0 unspecified atom stereocenters. The standard InChI is InChI=1S/C17H29N3O/c1-19(2)17(7-4-8-17)13-20(3)11-16-9-14(12-21-16)10-18-15-5-6-15/h9,12,15,18H,4-8,10-11,13H2,1-3H3. The summed E-state index contributed by atoms with van der Waals surface area (Å²) in [6.45, 7) is 2.97. The third kappa shape index (κ3) is 3.68. The Morgan fingerprint density at radius 2 is 2.05 bits per heavy atom. The van der Waals surface area contributed by atoms with E-state index in [1.165, 1.54) is 37.7 Å². The summed E-state index contributed by atoms with van der Waals surface area (Å²) in [5, 5.41) is 3.53. The van der Waals surface area contributed by atoms with Crippen molar-refractivity contribution in [1.29, 1.82) is 0 Å². The van der Waals surface area contributed by atoms with Gasteiger partial charge in [0.05, 0.1) is 12.8 Å². The monoisotopic (exact) mass is 291 g/mol. The summed E-state index contributed by atoms with van der Waals surface area (Å²) >= 11 is 0. The maximum absolute atomic E-state index is 5.72. The highest BCUT2D eigenvalue weighted by Crippen LogP contribution is 2.36. The van der Waals surface area contributed by atoms with Crippen molar-refractivity contribution in [2.45, 2.75) is 56.8 Å². The second-order valence-electron chi connectivity index (χ2n) is 7.22. The normalized spacial score (nSPS) is 21.0. The molecule has 0 atom stereocenters. The molecule has 1 aromatic heterocycles. The molecule has 2 saturated carbocycles. The van der Waals surface area contributed by atoms with E-state index in [0.717, 1.165) is 31.4 Å². The van der Waals surface area contributed by atoms with Crippen LogP contribution in [0.5, 0.6) is 0 Å². The van der Waals surface area contributed by atoms with Crippen molar-refractivity contribution < 1.29 is 4.42 Å². The minimum absolute atomic E-state index is 0.387. The van der Waals surface area contributed by atoms with E-state index in [9.17, 15) is 0 Å². The van der Waals surface area contributed by atoms with Gasteiger partial charge in [-0.15, -0.1) is 0 Å². The lowest BCUT2D eigenvalue weighted by molar-refractivity contribution is 0.0244. The Kier molecular flexibility index (Phi) is 4.38. The molecule has 0 saturated heterocycles. The second-order valence-corrected chi connectivity index (χ2v) is 7.22. The predicted octanol–water partition coefficient (Wildman–Crippen LogP) is 2.45. The Labute approximate surface area is 128 Å². The molecule has 0 aliphatic heterocycles. The van der Waals surface area contributed by atoms with E-state index < -0.39 is 0 Å². The summed E-state index contributed by atoms with van der Waals surface area (Å²) < 4.78 is 5.72. The van der Waals surface area contributed by atoms with E-state index in [1.807, 2.05) is 6.26 Å². The molecule has 2 fully saturated rings. The van der Waals surface area contributed by atoms with E-state index in [0.29, 0.717) is 5.54 Å². The van der Waals surface area contributed by atoms with Crippen LogP contribution in [0.3, 0.4) is 0 Å². The quantitative estimate of drug-likeness (QED) is 0.797. The molecule has 1 aromatic rings. The number of rotatable bonds is 8. The average molecular weight is 291 g/mol. The Balaban J connectivity index is 1.48. The Bertz CT molecular complexity index is 460. The zero-order chi connectivity index (χ0) is 14.9. The van der Waals surface area contributed by atoms with Crippen LogP contribution in [0.15, 0.2) is 16.7 Å². The molecular weight excluding hydrogens is 262 g/mol. The molecule has 2 aliphatic carbocycles. The molecule has 0 spiro atoms. The zero-order valence-corrected chi connectivity index (χ0v) is 13.7. The molecule has 2 aliphatic rings. The lowest BCUT2D eigenvalue weighted by atomic mass is 9.75. The molecule has 21 heavy (non-hydrogen) atoms. The van der Waals surface area contributed by atoms with Crippen LogP contribution in [-0.2, 0) is 13.1 Å². The van der Waals surface area contributed by atoms with E-state index in [2.05, 4.69) is 42.3 Å². The SMILES string of the molecule is CN(Cc1cc(CNC2CC2)co1)CC1(N(C)C)CCC1. The average Bonchev–Trinajstić information content (AvgIpc) is 3.12. The molecular formula is C17H29N3O. The van der Waals surface area contributed by atoms with Crippen LogP contribution in [0, 0.1) is 0 Å².